The van der Waals surface area contributed by atoms with Crippen LogP contribution in [0, 0.1) is 0 Å². The fraction of sp³-hybridized carbons (Fsp3) is 0.588. The number of hydrogen-bond donors (Lipinski definition) is 0. The Morgan fingerprint density at radius 2 is 2.09 bits per heavy atom. The van der Waals surface area contributed by atoms with E-state index in [-0.39, 0.29) is 12.3 Å². The first-order valence-electron chi connectivity index (χ1n) is 8.00. The van der Waals surface area contributed by atoms with E-state index in [4.69, 9.17) is 14.3 Å². The van der Waals surface area contributed by atoms with Crippen molar-refractivity contribution >= 4 is 5.97 Å². The first-order chi connectivity index (χ1) is 10.7. The van der Waals surface area contributed by atoms with Gasteiger partial charge in [0.15, 0.2) is 6.29 Å². The number of esters is 1. The number of hydroxylamine groups is 2. The van der Waals surface area contributed by atoms with Crippen molar-refractivity contribution in [3.63, 3.8) is 0 Å². The Bertz CT molecular complexity index is 451. The van der Waals surface area contributed by atoms with E-state index >= 15 is 0 Å². The second kappa shape index (κ2) is 8.88. The number of ether oxygens (including phenoxy) is 2. The summed E-state index contributed by atoms with van der Waals surface area (Å²) in [7, 11) is 0. The number of rotatable bonds is 8. The Labute approximate surface area is 132 Å². The fourth-order valence-corrected chi connectivity index (χ4v) is 2.39. The highest BCUT2D eigenvalue weighted by molar-refractivity contribution is 5.75. The zero-order valence-corrected chi connectivity index (χ0v) is 13.4. The van der Waals surface area contributed by atoms with Crippen molar-refractivity contribution in [3.8, 4) is 0 Å². The maximum atomic E-state index is 12.1. The molecule has 0 unspecified atom stereocenters. The molecule has 0 radical (unpaired) electrons. The molecule has 1 saturated heterocycles. The van der Waals surface area contributed by atoms with Gasteiger partial charge in [-0.1, -0.05) is 43.7 Å². The van der Waals surface area contributed by atoms with Gasteiger partial charge in [0.05, 0.1) is 13.2 Å². The molecule has 2 rings (SSSR count). The molecule has 1 heterocycles. The van der Waals surface area contributed by atoms with Gasteiger partial charge < -0.3 is 9.47 Å². The SMILES string of the molecule is CCCCO[C@@H]1C[C@@H](C(=O)OCC)N(Cc2ccccc2)O1. The van der Waals surface area contributed by atoms with Crippen molar-refractivity contribution in [2.24, 2.45) is 0 Å². The van der Waals surface area contributed by atoms with E-state index < -0.39 is 6.04 Å². The van der Waals surface area contributed by atoms with Crippen LogP contribution in [0.25, 0.3) is 0 Å². The average Bonchev–Trinajstić information content (AvgIpc) is 2.92. The summed E-state index contributed by atoms with van der Waals surface area (Å²) in [5.74, 6) is -0.250. The van der Waals surface area contributed by atoms with Crippen molar-refractivity contribution in [1.82, 2.24) is 5.06 Å². The third-order valence-corrected chi connectivity index (χ3v) is 3.56. The molecule has 1 aliphatic heterocycles. The second-order valence-corrected chi connectivity index (χ2v) is 5.32. The second-order valence-electron chi connectivity index (χ2n) is 5.32. The summed E-state index contributed by atoms with van der Waals surface area (Å²) < 4.78 is 10.8. The lowest BCUT2D eigenvalue weighted by Crippen LogP contribution is -2.36. The molecule has 0 amide bonds. The molecule has 1 aromatic carbocycles. The van der Waals surface area contributed by atoms with E-state index in [1.165, 1.54) is 0 Å². The van der Waals surface area contributed by atoms with Gasteiger partial charge in [-0.25, -0.2) is 0 Å². The lowest BCUT2D eigenvalue weighted by molar-refractivity contribution is -0.245. The first kappa shape index (κ1) is 16.9. The highest BCUT2D eigenvalue weighted by Gasteiger charge is 2.39. The Balaban J connectivity index is 1.98. The molecule has 0 saturated carbocycles. The van der Waals surface area contributed by atoms with Crippen LogP contribution in [0.3, 0.4) is 0 Å². The molecule has 1 fully saturated rings. The Morgan fingerprint density at radius 3 is 2.77 bits per heavy atom. The number of carbonyl (C=O) groups is 1. The van der Waals surface area contributed by atoms with Crippen molar-refractivity contribution < 1.29 is 19.1 Å². The molecule has 5 nitrogen and oxygen atoms in total. The van der Waals surface area contributed by atoms with Gasteiger partial charge in [0.25, 0.3) is 0 Å². The number of nitrogens with zero attached hydrogens (tertiary/aromatic N) is 1. The number of hydrogen-bond acceptors (Lipinski definition) is 5. The van der Waals surface area contributed by atoms with Gasteiger partial charge in [-0.15, -0.1) is 0 Å². The lowest BCUT2D eigenvalue weighted by atomic mass is 10.1. The van der Waals surface area contributed by atoms with Crippen LogP contribution in [-0.2, 0) is 25.7 Å². The summed E-state index contributed by atoms with van der Waals surface area (Å²) in [5, 5.41) is 1.68. The fourth-order valence-electron chi connectivity index (χ4n) is 2.39. The minimum Gasteiger partial charge on any atom is -0.465 e. The van der Waals surface area contributed by atoms with E-state index in [9.17, 15) is 4.79 Å². The van der Waals surface area contributed by atoms with Crippen LogP contribution in [0.1, 0.15) is 38.7 Å². The summed E-state index contributed by atoms with van der Waals surface area (Å²) in [4.78, 5) is 17.9. The van der Waals surface area contributed by atoms with Crippen molar-refractivity contribution in [2.45, 2.75) is 52.0 Å². The molecule has 2 atom stereocenters. The molecule has 22 heavy (non-hydrogen) atoms. The van der Waals surface area contributed by atoms with E-state index in [2.05, 4.69) is 6.92 Å². The number of unbranched alkanes of at least 4 members (excludes halogenated alkanes) is 1. The summed E-state index contributed by atoms with van der Waals surface area (Å²) in [5.41, 5.74) is 1.09. The largest absolute Gasteiger partial charge is 0.465 e. The van der Waals surface area contributed by atoms with E-state index in [1.807, 2.05) is 37.3 Å². The Kier molecular flexibility index (Phi) is 6.83. The molecule has 0 N–H and O–H groups in total. The van der Waals surface area contributed by atoms with Gasteiger partial charge in [-0.2, -0.15) is 5.06 Å². The highest BCUT2D eigenvalue weighted by atomic mass is 16.8. The average molecular weight is 307 g/mol. The van der Waals surface area contributed by atoms with Crippen LogP contribution in [0.2, 0.25) is 0 Å². The smallest absolute Gasteiger partial charge is 0.325 e. The van der Waals surface area contributed by atoms with E-state index in [0.29, 0.717) is 26.2 Å². The maximum Gasteiger partial charge on any atom is 0.325 e. The van der Waals surface area contributed by atoms with Gasteiger partial charge in [0.2, 0.25) is 0 Å². The standard InChI is InChI=1S/C17H25NO4/c1-3-5-11-21-16-12-15(17(19)20-4-2)18(22-16)13-14-9-7-6-8-10-14/h6-10,15-16H,3-5,11-13H2,1-2H3/t15-,16-/m0/s1. The number of carbonyl (C=O) groups excluding carboxylic acids is 1. The normalized spacial score (nSPS) is 21.9. The maximum absolute atomic E-state index is 12.1. The van der Waals surface area contributed by atoms with Crippen LogP contribution in [0.5, 0.6) is 0 Å². The lowest BCUT2D eigenvalue weighted by Gasteiger charge is -2.21. The molecule has 1 aromatic rings. The van der Waals surface area contributed by atoms with Gasteiger partial charge in [0.1, 0.15) is 6.04 Å². The van der Waals surface area contributed by atoms with Crippen LogP contribution < -0.4 is 0 Å². The molecule has 5 heteroatoms. The van der Waals surface area contributed by atoms with Gasteiger partial charge in [-0.3, -0.25) is 9.63 Å². The molecule has 0 aliphatic carbocycles. The predicted octanol–water partition coefficient (Wildman–Crippen LogP) is 2.90. The molecule has 1 aliphatic rings. The molecule has 0 aromatic heterocycles. The van der Waals surface area contributed by atoms with Gasteiger partial charge >= 0.3 is 5.97 Å². The van der Waals surface area contributed by atoms with Crippen LogP contribution >= 0.6 is 0 Å². The van der Waals surface area contributed by atoms with Crippen molar-refractivity contribution in [1.29, 1.82) is 0 Å². The van der Waals surface area contributed by atoms with E-state index in [0.717, 1.165) is 18.4 Å². The van der Waals surface area contributed by atoms with Gasteiger partial charge in [0, 0.05) is 13.0 Å². The zero-order chi connectivity index (χ0) is 15.8. The monoisotopic (exact) mass is 307 g/mol. The third-order valence-electron chi connectivity index (χ3n) is 3.56. The minimum atomic E-state index is -0.410. The molecule has 122 valence electrons. The van der Waals surface area contributed by atoms with E-state index in [1.54, 1.807) is 5.06 Å². The Morgan fingerprint density at radius 1 is 1.32 bits per heavy atom. The van der Waals surface area contributed by atoms with Crippen LogP contribution in [0.15, 0.2) is 30.3 Å². The van der Waals surface area contributed by atoms with Crippen LogP contribution in [-0.4, -0.2) is 36.6 Å². The zero-order valence-electron chi connectivity index (χ0n) is 13.4. The molecule has 0 bridgehead atoms. The summed E-state index contributed by atoms with van der Waals surface area (Å²) >= 11 is 0. The quantitative estimate of drug-likeness (QED) is 0.546. The van der Waals surface area contributed by atoms with Crippen LogP contribution in [0.4, 0.5) is 0 Å². The minimum absolute atomic E-state index is 0.250. The summed E-state index contributed by atoms with van der Waals surface area (Å²) in [6.45, 7) is 5.48. The van der Waals surface area contributed by atoms with Crippen molar-refractivity contribution in [2.75, 3.05) is 13.2 Å². The molecular formula is C17H25NO4. The predicted molar refractivity (Wildman–Crippen MR) is 82.8 cm³/mol. The Hall–Kier alpha value is -1.43. The summed E-state index contributed by atoms with van der Waals surface area (Å²) in [6.07, 6.45) is 2.20. The highest BCUT2D eigenvalue weighted by Crippen LogP contribution is 2.25. The van der Waals surface area contributed by atoms with Crippen molar-refractivity contribution in [3.05, 3.63) is 35.9 Å². The summed E-state index contributed by atoms with van der Waals surface area (Å²) in [6, 6.07) is 9.52. The first-order valence-corrected chi connectivity index (χ1v) is 8.00. The topological polar surface area (TPSA) is 48.0 Å². The third kappa shape index (κ3) is 4.80. The number of benzene rings is 1. The molecular weight excluding hydrogens is 282 g/mol. The van der Waals surface area contributed by atoms with Gasteiger partial charge in [-0.05, 0) is 18.9 Å². The molecule has 0 spiro atoms.